The summed E-state index contributed by atoms with van der Waals surface area (Å²) in [5.74, 6) is 1.94. The van der Waals surface area contributed by atoms with Gasteiger partial charge in [-0.1, -0.05) is 26.2 Å². The summed E-state index contributed by atoms with van der Waals surface area (Å²) >= 11 is 0. The van der Waals surface area contributed by atoms with E-state index in [0.717, 1.165) is 31.6 Å². The van der Waals surface area contributed by atoms with Crippen LogP contribution in [0.15, 0.2) is 0 Å². The maximum atomic E-state index is 5.29. The normalized spacial score (nSPS) is 26.8. The lowest BCUT2D eigenvalue weighted by molar-refractivity contribution is 0.147. The highest BCUT2D eigenvalue weighted by Gasteiger charge is 2.19. The van der Waals surface area contributed by atoms with Gasteiger partial charge in [0.15, 0.2) is 0 Å². The minimum Gasteiger partial charge on any atom is -0.380 e. The van der Waals surface area contributed by atoms with E-state index in [-0.39, 0.29) is 0 Å². The van der Waals surface area contributed by atoms with Crippen LogP contribution in [-0.2, 0) is 4.74 Å². The highest BCUT2D eigenvalue weighted by Crippen LogP contribution is 2.29. The Labute approximate surface area is 94.8 Å². The first-order chi connectivity index (χ1) is 7.36. The molecule has 0 spiro atoms. The van der Waals surface area contributed by atoms with Crippen molar-refractivity contribution in [2.45, 2.75) is 46.0 Å². The fraction of sp³-hybridized carbons (Fsp3) is 1.00. The predicted octanol–water partition coefficient (Wildman–Crippen LogP) is 2.83. The molecule has 90 valence electrons. The van der Waals surface area contributed by atoms with Crippen LogP contribution >= 0.6 is 0 Å². The van der Waals surface area contributed by atoms with Gasteiger partial charge in [-0.05, 0) is 38.1 Å². The SMILES string of the molecule is CCOCCNCC1CCC(CC)CC1. The fourth-order valence-corrected chi connectivity index (χ4v) is 2.44. The number of nitrogens with one attached hydrogen (secondary N) is 1. The second-order valence-corrected chi connectivity index (χ2v) is 4.70. The van der Waals surface area contributed by atoms with Crippen LogP contribution in [0.1, 0.15) is 46.0 Å². The van der Waals surface area contributed by atoms with Gasteiger partial charge in [0.1, 0.15) is 0 Å². The van der Waals surface area contributed by atoms with Gasteiger partial charge in [-0.3, -0.25) is 0 Å². The summed E-state index contributed by atoms with van der Waals surface area (Å²) in [5.41, 5.74) is 0. The molecule has 1 aliphatic carbocycles. The van der Waals surface area contributed by atoms with Gasteiger partial charge in [-0.25, -0.2) is 0 Å². The molecule has 1 fully saturated rings. The third kappa shape index (κ3) is 5.53. The summed E-state index contributed by atoms with van der Waals surface area (Å²) in [5, 5.41) is 3.50. The fourth-order valence-electron chi connectivity index (χ4n) is 2.44. The molecule has 0 aliphatic heterocycles. The predicted molar refractivity (Wildman–Crippen MR) is 65.1 cm³/mol. The quantitative estimate of drug-likeness (QED) is 0.657. The summed E-state index contributed by atoms with van der Waals surface area (Å²) in [6.45, 7) is 8.28. The van der Waals surface area contributed by atoms with Crippen molar-refractivity contribution in [3.8, 4) is 0 Å². The van der Waals surface area contributed by atoms with Gasteiger partial charge in [-0.2, -0.15) is 0 Å². The van der Waals surface area contributed by atoms with Crippen LogP contribution in [0.2, 0.25) is 0 Å². The average Bonchev–Trinajstić information content (AvgIpc) is 2.30. The molecule has 0 saturated heterocycles. The van der Waals surface area contributed by atoms with Crippen molar-refractivity contribution in [1.82, 2.24) is 5.32 Å². The molecule has 0 radical (unpaired) electrons. The number of rotatable bonds is 7. The van der Waals surface area contributed by atoms with Crippen molar-refractivity contribution in [2.75, 3.05) is 26.3 Å². The Hall–Kier alpha value is -0.0800. The summed E-state index contributed by atoms with van der Waals surface area (Å²) < 4.78 is 5.29. The molecular formula is C13H27NO. The van der Waals surface area contributed by atoms with E-state index < -0.39 is 0 Å². The molecule has 0 atom stereocenters. The Morgan fingerprint density at radius 3 is 2.33 bits per heavy atom. The lowest BCUT2D eigenvalue weighted by atomic mass is 9.81. The maximum absolute atomic E-state index is 5.29. The van der Waals surface area contributed by atoms with Gasteiger partial charge in [0.05, 0.1) is 6.61 Å². The third-order valence-corrected chi connectivity index (χ3v) is 3.60. The Balaban J connectivity index is 1.94. The minimum atomic E-state index is 0.837. The van der Waals surface area contributed by atoms with Gasteiger partial charge in [0.2, 0.25) is 0 Å². The Kier molecular flexibility index (Phi) is 7.03. The van der Waals surface area contributed by atoms with Crippen LogP contribution in [0, 0.1) is 11.8 Å². The van der Waals surface area contributed by atoms with E-state index in [9.17, 15) is 0 Å². The van der Waals surface area contributed by atoms with Crippen molar-refractivity contribution < 1.29 is 4.74 Å². The molecule has 1 N–H and O–H groups in total. The molecule has 2 nitrogen and oxygen atoms in total. The van der Waals surface area contributed by atoms with Gasteiger partial charge in [0.25, 0.3) is 0 Å². The van der Waals surface area contributed by atoms with Gasteiger partial charge >= 0.3 is 0 Å². The van der Waals surface area contributed by atoms with E-state index in [0.29, 0.717) is 0 Å². The first kappa shape index (κ1) is 13.0. The van der Waals surface area contributed by atoms with Crippen molar-refractivity contribution >= 4 is 0 Å². The topological polar surface area (TPSA) is 21.3 Å². The largest absolute Gasteiger partial charge is 0.380 e. The minimum absolute atomic E-state index is 0.837. The van der Waals surface area contributed by atoms with Crippen molar-refractivity contribution in [3.05, 3.63) is 0 Å². The molecule has 0 aromatic carbocycles. The monoisotopic (exact) mass is 213 g/mol. The van der Waals surface area contributed by atoms with Crippen LogP contribution in [0.4, 0.5) is 0 Å². The zero-order valence-corrected chi connectivity index (χ0v) is 10.4. The first-order valence-electron chi connectivity index (χ1n) is 6.65. The number of hydrogen-bond donors (Lipinski definition) is 1. The summed E-state index contributed by atoms with van der Waals surface area (Å²) in [6.07, 6.45) is 7.15. The van der Waals surface area contributed by atoms with Crippen LogP contribution < -0.4 is 5.32 Å². The molecule has 0 bridgehead atoms. The second kappa shape index (κ2) is 8.12. The van der Waals surface area contributed by atoms with E-state index in [1.807, 2.05) is 6.92 Å². The molecule has 0 unspecified atom stereocenters. The van der Waals surface area contributed by atoms with E-state index in [2.05, 4.69) is 12.2 Å². The van der Waals surface area contributed by atoms with Gasteiger partial charge < -0.3 is 10.1 Å². The molecule has 1 rings (SSSR count). The molecule has 1 saturated carbocycles. The molecular weight excluding hydrogens is 186 g/mol. The summed E-state index contributed by atoms with van der Waals surface area (Å²) in [7, 11) is 0. The van der Waals surface area contributed by atoms with Crippen LogP contribution in [-0.4, -0.2) is 26.3 Å². The van der Waals surface area contributed by atoms with Crippen molar-refractivity contribution in [2.24, 2.45) is 11.8 Å². The standard InChI is InChI=1S/C13H27NO/c1-3-12-5-7-13(8-6-12)11-14-9-10-15-4-2/h12-14H,3-11H2,1-2H3. The molecule has 0 heterocycles. The van der Waals surface area contributed by atoms with Gasteiger partial charge in [-0.15, -0.1) is 0 Å². The Morgan fingerprint density at radius 1 is 1.07 bits per heavy atom. The molecule has 1 aliphatic rings. The summed E-state index contributed by atoms with van der Waals surface area (Å²) in [4.78, 5) is 0. The van der Waals surface area contributed by atoms with E-state index in [1.165, 1.54) is 38.6 Å². The molecule has 15 heavy (non-hydrogen) atoms. The zero-order chi connectivity index (χ0) is 10.9. The lowest BCUT2D eigenvalue weighted by Gasteiger charge is -2.27. The van der Waals surface area contributed by atoms with E-state index in [1.54, 1.807) is 0 Å². The number of hydrogen-bond acceptors (Lipinski definition) is 2. The third-order valence-electron chi connectivity index (χ3n) is 3.60. The van der Waals surface area contributed by atoms with Crippen molar-refractivity contribution in [3.63, 3.8) is 0 Å². The smallest absolute Gasteiger partial charge is 0.0590 e. The second-order valence-electron chi connectivity index (χ2n) is 4.70. The van der Waals surface area contributed by atoms with E-state index in [4.69, 9.17) is 4.74 Å². The summed E-state index contributed by atoms with van der Waals surface area (Å²) in [6, 6.07) is 0. The first-order valence-corrected chi connectivity index (χ1v) is 6.65. The number of ether oxygens (including phenoxy) is 1. The highest BCUT2D eigenvalue weighted by molar-refractivity contribution is 4.73. The van der Waals surface area contributed by atoms with Crippen LogP contribution in [0.3, 0.4) is 0 Å². The lowest BCUT2D eigenvalue weighted by Crippen LogP contribution is -2.28. The van der Waals surface area contributed by atoms with Crippen LogP contribution in [0.5, 0.6) is 0 Å². The van der Waals surface area contributed by atoms with Gasteiger partial charge in [0, 0.05) is 13.2 Å². The molecule has 0 aromatic heterocycles. The maximum Gasteiger partial charge on any atom is 0.0590 e. The molecule has 0 amide bonds. The highest BCUT2D eigenvalue weighted by atomic mass is 16.5. The molecule has 0 aromatic rings. The van der Waals surface area contributed by atoms with Crippen LogP contribution in [0.25, 0.3) is 0 Å². The van der Waals surface area contributed by atoms with E-state index >= 15 is 0 Å². The Morgan fingerprint density at radius 2 is 1.73 bits per heavy atom. The molecule has 2 heteroatoms. The zero-order valence-electron chi connectivity index (χ0n) is 10.4. The Bertz CT molecular complexity index is 141. The average molecular weight is 213 g/mol. The van der Waals surface area contributed by atoms with Crippen molar-refractivity contribution in [1.29, 1.82) is 0 Å².